The molecule has 84 valence electrons. The van der Waals surface area contributed by atoms with Crippen molar-refractivity contribution in [1.82, 2.24) is 4.98 Å². The number of nitro groups is 1. The van der Waals surface area contributed by atoms with Gasteiger partial charge in [-0.25, -0.2) is 13.8 Å². The summed E-state index contributed by atoms with van der Waals surface area (Å²) in [5, 5.41) is 18.4. The van der Waals surface area contributed by atoms with E-state index >= 15 is 0 Å². The molecule has 0 unspecified atom stereocenters. The van der Waals surface area contributed by atoms with E-state index in [4.69, 9.17) is 16.9 Å². The van der Waals surface area contributed by atoms with E-state index in [9.17, 15) is 18.9 Å². The van der Waals surface area contributed by atoms with Gasteiger partial charge in [0.15, 0.2) is 0 Å². The van der Waals surface area contributed by atoms with E-state index in [0.29, 0.717) is 6.20 Å². The van der Waals surface area contributed by atoms with Gasteiger partial charge in [0.05, 0.1) is 17.4 Å². The molecule has 0 saturated heterocycles. The fraction of sp³-hybridized carbons (Fsp3) is 0.250. The van der Waals surface area contributed by atoms with Crippen LogP contribution in [0, 0.1) is 21.4 Å². The van der Waals surface area contributed by atoms with Crippen molar-refractivity contribution in [1.29, 1.82) is 5.26 Å². The molecule has 16 heavy (non-hydrogen) atoms. The highest BCUT2D eigenvalue weighted by Crippen LogP contribution is 2.33. The predicted molar refractivity (Wildman–Crippen MR) is 50.2 cm³/mol. The quantitative estimate of drug-likeness (QED) is 0.607. The SMILES string of the molecule is N#CCc1c(C(F)F)ncc([N+](=O)[O-])c1Cl. The van der Waals surface area contributed by atoms with Gasteiger partial charge in [0.25, 0.3) is 6.43 Å². The predicted octanol–water partition coefficient (Wildman–Crippen LogP) is 2.65. The van der Waals surface area contributed by atoms with Gasteiger partial charge in [-0.2, -0.15) is 5.26 Å². The second-order valence-electron chi connectivity index (χ2n) is 2.71. The van der Waals surface area contributed by atoms with Crippen molar-refractivity contribution in [2.24, 2.45) is 0 Å². The minimum absolute atomic E-state index is 0.298. The Labute approximate surface area is 93.4 Å². The summed E-state index contributed by atoms with van der Waals surface area (Å²) in [6.45, 7) is 0. The first-order valence-electron chi connectivity index (χ1n) is 3.95. The molecular weight excluding hydrogens is 244 g/mol. The van der Waals surface area contributed by atoms with Crippen LogP contribution in [0.15, 0.2) is 6.20 Å². The Hall–Kier alpha value is -1.81. The maximum absolute atomic E-state index is 12.5. The molecule has 1 heterocycles. The van der Waals surface area contributed by atoms with Crippen LogP contribution >= 0.6 is 11.6 Å². The molecule has 0 spiro atoms. The number of rotatable bonds is 3. The van der Waals surface area contributed by atoms with Crippen molar-refractivity contribution in [3.63, 3.8) is 0 Å². The molecule has 0 aliphatic carbocycles. The molecule has 5 nitrogen and oxygen atoms in total. The third-order valence-corrected chi connectivity index (χ3v) is 2.21. The first-order chi connectivity index (χ1) is 7.49. The number of aromatic nitrogens is 1. The highest BCUT2D eigenvalue weighted by atomic mass is 35.5. The Morgan fingerprint density at radius 3 is 2.75 bits per heavy atom. The Balaban J connectivity index is 3.42. The molecule has 0 fully saturated rings. The minimum Gasteiger partial charge on any atom is -0.258 e. The number of nitrogens with zero attached hydrogens (tertiary/aromatic N) is 3. The number of hydrogen-bond acceptors (Lipinski definition) is 4. The van der Waals surface area contributed by atoms with E-state index < -0.39 is 34.2 Å². The van der Waals surface area contributed by atoms with Gasteiger partial charge < -0.3 is 0 Å². The summed E-state index contributed by atoms with van der Waals surface area (Å²) in [4.78, 5) is 12.9. The van der Waals surface area contributed by atoms with Gasteiger partial charge in [0.2, 0.25) is 0 Å². The topological polar surface area (TPSA) is 79.8 Å². The number of nitriles is 1. The van der Waals surface area contributed by atoms with Gasteiger partial charge in [0.1, 0.15) is 16.9 Å². The number of halogens is 3. The molecule has 0 bridgehead atoms. The third-order valence-electron chi connectivity index (χ3n) is 1.78. The molecule has 1 rings (SSSR count). The zero-order valence-electron chi connectivity index (χ0n) is 7.65. The van der Waals surface area contributed by atoms with Crippen LogP contribution in [0.5, 0.6) is 0 Å². The molecule has 0 N–H and O–H groups in total. The smallest absolute Gasteiger partial charge is 0.258 e. The Morgan fingerprint density at radius 1 is 1.69 bits per heavy atom. The third kappa shape index (κ3) is 2.23. The second kappa shape index (κ2) is 4.81. The van der Waals surface area contributed by atoms with Crippen molar-refractivity contribution >= 4 is 17.3 Å². The van der Waals surface area contributed by atoms with Crippen molar-refractivity contribution < 1.29 is 13.7 Å². The fourth-order valence-electron chi connectivity index (χ4n) is 1.09. The summed E-state index contributed by atoms with van der Waals surface area (Å²) in [7, 11) is 0. The lowest BCUT2D eigenvalue weighted by Gasteiger charge is -2.06. The van der Waals surface area contributed by atoms with Crippen LogP contribution in [-0.4, -0.2) is 9.91 Å². The summed E-state index contributed by atoms with van der Waals surface area (Å²) in [5.41, 5.74) is -1.58. The molecule has 0 aromatic carbocycles. The Bertz CT molecular complexity index is 473. The molecule has 0 atom stereocenters. The van der Waals surface area contributed by atoms with Crippen LogP contribution < -0.4 is 0 Å². The number of hydrogen-bond donors (Lipinski definition) is 0. The molecule has 0 radical (unpaired) electrons. The average Bonchev–Trinajstić information content (AvgIpc) is 2.20. The lowest BCUT2D eigenvalue weighted by molar-refractivity contribution is -0.385. The maximum Gasteiger partial charge on any atom is 0.306 e. The van der Waals surface area contributed by atoms with E-state index in [1.165, 1.54) is 0 Å². The zero-order chi connectivity index (χ0) is 12.3. The van der Waals surface area contributed by atoms with E-state index in [1.807, 2.05) is 0 Å². The zero-order valence-corrected chi connectivity index (χ0v) is 8.41. The van der Waals surface area contributed by atoms with Crippen LogP contribution in [0.1, 0.15) is 17.7 Å². The van der Waals surface area contributed by atoms with Crippen LogP contribution in [-0.2, 0) is 6.42 Å². The Kier molecular flexibility index (Phi) is 3.68. The first-order valence-corrected chi connectivity index (χ1v) is 4.33. The van der Waals surface area contributed by atoms with E-state index in [-0.39, 0.29) is 5.56 Å². The van der Waals surface area contributed by atoms with E-state index in [0.717, 1.165) is 0 Å². The molecule has 0 aliphatic heterocycles. The summed E-state index contributed by atoms with van der Waals surface area (Å²) in [5.74, 6) is 0. The lowest BCUT2D eigenvalue weighted by Crippen LogP contribution is -2.02. The maximum atomic E-state index is 12.5. The van der Waals surface area contributed by atoms with Gasteiger partial charge in [-0.05, 0) is 0 Å². The second-order valence-corrected chi connectivity index (χ2v) is 3.09. The fourth-order valence-corrected chi connectivity index (χ4v) is 1.38. The standard InChI is InChI=1S/C8H4ClF2N3O2/c9-6-4(1-2-12)7(8(10)11)13-3-5(6)14(15)16/h3,8H,1H2. The lowest BCUT2D eigenvalue weighted by atomic mass is 10.1. The van der Waals surface area contributed by atoms with Crippen LogP contribution in [0.25, 0.3) is 0 Å². The van der Waals surface area contributed by atoms with Crippen LogP contribution in [0.3, 0.4) is 0 Å². The molecular formula is C8H4ClF2N3O2. The van der Waals surface area contributed by atoms with Crippen molar-refractivity contribution in [2.45, 2.75) is 12.8 Å². The normalized spacial score (nSPS) is 10.2. The largest absolute Gasteiger partial charge is 0.306 e. The van der Waals surface area contributed by atoms with Gasteiger partial charge in [0, 0.05) is 5.56 Å². The summed E-state index contributed by atoms with van der Waals surface area (Å²) in [6, 6.07) is 1.61. The summed E-state index contributed by atoms with van der Waals surface area (Å²) >= 11 is 5.57. The summed E-state index contributed by atoms with van der Waals surface area (Å²) in [6.07, 6.45) is -2.72. The number of pyridine rings is 1. The Morgan fingerprint density at radius 2 is 2.31 bits per heavy atom. The molecule has 1 aromatic heterocycles. The molecule has 0 saturated carbocycles. The highest BCUT2D eigenvalue weighted by Gasteiger charge is 2.24. The van der Waals surface area contributed by atoms with E-state index in [1.54, 1.807) is 6.07 Å². The van der Waals surface area contributed by atoms with Crippen molar-refractivity contribution in [3.8, 4) is 6.07 Å². The van der Waals surface area contributed by atoms with Gasteiger partial charge in [-0.3, -0.25) is 10.1 Å². The monoisotopic (exact) mass is 247 g/mol. The molecule has 8 heteroatoms. The van der Waals surface area contributed by atoms with E-state index in [2.05, 4.69) is 4.98 Å². The molecule has 1 aromatic rings. The van der Waals surface area contributed by atoms with Gasteiger partial charge in [-0.1, -0.05) is 11.6 Å². The van der Waals surface area contributed by atoms with Gasteiger partial charge >= 0.3 is 5.69 Å². The van der Waals surface area contributed by atoms with Crippen molar-refractivity contribution in [3.05, 3.63) is 32.6 Å². The van der Waals surface area contributed by atoms with Crippen LogP contribution in [0.4, 0.5) is 14.5 Å². The van der Waals surface area contributed by atoms with Gasteiger partial charge in [-0.15, -0.1) is 0 Å². The minimum atomic E-state index is -2.93. The molecule has 0 amide bonds. The molecule has 0 aliphatic rings. The van der Waals surface area contributed by atoms with Crippen molar-refractivity contribution in [2.75, 3.05) is 0 Å². The first kappa shape index (κ1) is 12.3. The average molecular weight is 248 g/mol. The number of alkyl halides is 2. The van der Waals surface area contributed by atoms with Crippen LogP contribution in [0.2, 0.25) is 5.02 Å². The summed E-state index contributed by atoms with van der Waals surface area (Å²) < 4.78 is 24.9. The highest BCUT2D eigenvalue weighted by molar-refractivity contribution is 6.33.